The first-order valence-electron chi connectivity index (χ1n) is 7.11. The predicted octanol–water partition coefficient (Wildman–Crippen LogP) is 3.99. The van der Waals surface area contributed by atoms with Crippen molar-refractivity contribution in [2.75, 3.05) is 10.6 Å². The molecule has 2 aromatic carbocycles. The zero-order valence-corrected chi connectivity index (χ0v) is 13.4. The minimum atomic E-state index is -0.198. The lowest BCUT2D eigenvalue weighted by atomic mass is 10.1. The summed E-state index contributed by atoms with van der Waals surface area (Å²) in [6.07, 6.45) is 1.62. The van der Waals surface area contributed by atoms with Gasteiger partial charge in [-0.25, -0.2) is 0 Å². The molecular weight excluding hydrogens is 328 g/mol. The lowest BCUT2D eigenvalue weighted by molar-refractivity contribution is -0.116. The number of aryl methyl sites for hydroxylation is 1. The summed E-state index contributed by atoms with van der Waals surface area (Å²) in [4.78, 5) is 12.5. The number of fused-ring (bicyclic) bond motifs is 1. The van der Waals surface area contributed by atoms with Crippen molar-refractivity contribution >= 4 is 33.2 Å². The average Bonchev–Trinajstić information content (AvgIpc) is 2.93. The summed E-state index contributed by atoms with van der Waals surface area (Å²) in [5, 5.41) is 6.33. The highest BCUT2D eigenvalue weighted by Crippen LogP contribution is 2.27. The Bertz CT molecular complexity index is 659. The molecule has 3 rings (SSSR count). The quantitative estimate of drug-likeness (QED) is 0.883. The molecule has 108 valence electrons. The molecule has 0 fully saturated rings. The number of hydrogen-bond acceptors (Lipinski definition) is 2. The molecule has 0 saturated heterocycles. The predicted molar refractivity (Wildman–Crippen MR) is 89.7 cm³/mol. The SMILES string of the molecule is CCc1cc(Br)ccc1NC(=O)C1Cc2ccccc2N1. The second kappa shape index (κ2) is 5.90. The van der Waals surface area contributed by atoms with E-state index in [4.69, 9.17) is 0 Å². The van der Waals surface area contributed by atoms with Gasteiger partial charge in [0.15, 0.2) is 0 Å². The molecule has 21 heavy (non-hydrogen) atoms. The molecule has 0 spiro atoms. The Kier molecular flexibility index (Phi) is 3.97. The van der Waals surface area contributed by atoms with Gasteiger partial charge in [-0.1, -0.05) is 41.1 Å². The number of rotatable bonds is 3. The van der Waals surface area contributed by atoms with E-state index in [1.54, 1.807) is 0 Å². The molecule has 1 aliphatic heterocycles. The van der Waals surface area contributed by atoms with Crippen LogP contribution in [0, 0.1) is 0 Å². The summed E-state index contributed by atoms with van der Waals surface area (Å²) in [6, 6.07) is 13.8. The lowest BCUT2D eigenvalue weighted by Crippen LogP contribution is -2.33. The van der Waals surface area contributed by atoms with E-state index in [0.717, 1.165) is 34.3 Å². The van der Waals surface area contributed by atoms with Crippen LogP contribution in [0.25, 0.3) is 0 Å². The number of para-hydroxylation sites is 1. The molecule has 2 N–H and O–H groups in total. The first kappa shape index (κ1) is 14.1. The largest absolute Gasteiger partial charge is 0.373 e. The lowest BCUT2D eigenvalue weighted by Gasteiger charge is -2.14. The Morgan fingerprint density at radius 3 is 2.90 bits per heavy atom. The van der Waals surface area contributed by atoms with Crippen LogP contribution in [0.5, 0.6) is 0 Å². The zero-order chi connectivity index (χ0) is 14.8. The zero-order valence-electron chi connectivity index (χ0n) is 11.8. The maximum absolute atomic E-state index is 12.5. The third-order valence-corrected chi connectivity index (χ3v) is 4.29. The van der Waals surface area contributed by atoms with E-state index in [9.17, 15) is 4.79 Å². The van der Waals surface area contributed by atoms with Gasteiger partial charge < -0.3 is 10.6 Å². The molecule has 0 saturated carbocycles. The Morgan fingerprint density at radius 2 is 2.14 bits per heavy atom. The van der Waals surface area contributed by atoms with Crippen LogP contribution in [0.3, 0.4) is 0 Å². The molecular formula is C17H17BrN2O. The minimum Gasteiger partial charge on any atom is -0.373 e. The van der Waals surface area contributed by atoms with Gasteiger partial charge in [-0.2, -0.15) is 0 Å². The highest BCUT2D eigenvalue weighted by atomic mass is 79.9. The number of carbonyl (C=O) groups is 1. The Labute approximate surface area is 132 Å². The van der Waals surface area contributed by atoms with Crippen LogP contribution in [0.4, 0.5) is 11.4 Å². The molecule has 0 aliphatic carbocycles. The summed E-state index contributed by atoms with van der Waals surface area (Å²) in [6.45, 7) is 2.08. The molecule has 1 heterocycles. The van der Waals surface area contributed by atoms with Gasteiger partial charge in [0.25, 0.3) is 0 Å². The number of anilines is 2. The van der Waals surface area contributed by atoms with E-state index in [1.807, 2.05) is 36.4 Å². The van der Waals surface area contributed by atoms with Crippen LogP contribution in [0.1, 0.15) is 18.1 Å². The van der Waals surface area contributed by atoms with Crippen molar-refractivity contribution in [3.63, 3.8) is 0 Å². The smallest absolute Gasteiger partial charge is 0.247 e. The highest BCUT2D eigenvalue weighted by Gasteiger charge is 2.26. The normalized spacial score (nSPS) is 16.2. The second-order valence-electron chi connectivity index (χ2n) is 5.20. The van der Waals surface area contributed by atoms with E-state index >= 15 is 0 Å². The van der Waals surface area contributed by atoms with Gasteiger partial charge in [0.1, 0.15) is 6.04 Å². The van der Waals surface area contributed by atoms with Crippen LogP contribution in [-0.4, -0.2) is 11.9 Å². The fourth-order valence-corrected chi connectivity index (χ4v) is 3.06. The van der Waals surface area contributed by atoms with Crippen molar-refractivity contribution in [1.29, 1.82) is 0 Å². The fraction of sp³-hybridized carbons (Fsp3) is 0.235. The molecule has 0 aromatic heterocycles. The molecule has 1 atom stereocenters. The monoisotopic (exact) mass is 344 g/mol. The Hall–Kier alpha value is -1.81. The van der Waals surface area contributed by atoms with E-state index in [2.05, 4.69) is 39.6 Å². The van der Waals surface area contributed by atoms with Crippen molar-refractivity contribution in [3.8, 4) is 0 Å². The molecule has 0 radical (unpaired) electrons. The van der Waals surface area contributed by atoms with Crippen molar-refractivity contribution in [2.45, 2.75) is 25.8 Å². The van der Waals surface area contributed by atoms with Gasteiger partial charge in [-0.05, 0) is 41.8 Å². The van der Waals surface area contributed by atoms with E-state index in [1.165, 1.54) is 5.56 Å². The third kappa shape index (κ3) is 2.95. The van der Waals surface area contributed by atoms with Gasteiger partial charge in [0.2, 0.25) is 5.91 Å². The van der Waals surface area contributed by atoms with Crippen LogP contribution in [-0.2, 0) is 17.6 Å². The summed E-state index contributed by atoms with van der Waals surface area (Å²) < 4.78 is 1.03. The molecule has 1 amide bonds. The van der Waals surface area contributed by atoms with E-state index in [-0.39, 0.29) is 11.9 Å². The van der Waals surface area contributed by atoms with Crippen molar-refractivity contribution < 1.29 is 4.79 Å². The fourth-order valence-electron chi connectivity index (χ4n) is 2.65. The highest BCUT2D eigenvalue weighted by molar-refractivity contribution is 9.10. The first-order chi connectivity index (χ1) is 10.2. The molecule has 1 unspecified atom stereocenters. The number of halogens is 1. The third-order valence-electron chi connectivity index (χ3n) is 3.79. The number of amides is 1. The van der Waals surface area contributed by atoms with Crippen LogP contribution in [0.2, 0.25) is 0 Å². The van der Waals surface area contributed by atoms with Gasteiger partial charge in [0.05, 0.1) is 0 Å². The minimum absolute atomic E-state index is 0.0169. The molecule has 3 nitrogen and oxygen atoms in total. The van der Waals surface area contributed by atoms with Crippen LogP contribution >= 0.6 is 15.9 Å². The van der Waals surface area contributed by atoms with Crippen molar-refractivity contribution in [2.24, 2.45) is 0 Å². The summed E-state index contributed by atoms with van der Waals surface area (Å²) >= 11 is 3.46. The van der Waals surface area contributed by atoms with E-state index < -0.39 is 0 Å². The molecule has 4 heteroatoms. The summed E-state index contributed by atoms with van der Waals surface area (Å²) in [7, 11) is 0. The van der Waals surface area contributed by atoms with Gasteiger partial charge in [-0.3, -0.25) is 4.79 Å². The maximum atomic E-state index is 12.5. The van der Waals surface area contributed by atoms with Crippen molar-refractivity contribution in [1.82, 2.24) is 0 Å². The topological polar surface area (TPSA) is 41.1 Å². The number of benzene rings is 2. The number of carbonyl (C=O) groups excluding carboxylic acids is 1. The number of nitrogens with one attached hydrogen (secondary N) is 2. The maximum Gasteiger partial charge on any atom is 0.247 e. The molecule has 1 aliphatic rings. The number of hydrogen-bond donors (Lipinski definition) is 2. The standard InChI is InChI=1S/C17H17BrN2O/c1-2-11-9-13(18)7-8-15(11)20-17(21)16-10-12-5-3-4-6-14(12)19-16/h3-9,16,19H,2,10H2,1H3,(H,20,21). The van der Waals surface area contributed by atoms with Crippen LogP contribution in [0.15, 0.2) is 46.9 Å². The van der Waals surface area contributed by atoms with Crippen molar-refractivity contribution in [3.05, 3.63) is 58.1 Å². The average molecular weight is 345 g/mol. The molecule has 2 aromatic rings. The summed E-state index contributed by atoms with van der Waals surface area (Å²) in [5.41, 5.74) is 4.28. The van der Waals surface area contributed by atoms with Crippen LogP contribution < -0.4 is 10.6 Å². The molecule has 0 bridgehead atoms. The second-order valence-corrected chi connectivity index (χ2v) is 6.12. The Morgan fingerprint density at radius 1 is 1.33 bits per heavy atom. The Balaban J connectivity index is 1.74. The first-order valence-corrected chi connectivity index (χ1v) is 7.90. The van der Waals surface area contributed by atoms with Gasteiger partial charge >= 0.3 is 0 Å². The van der Waals surface area contributed by atoms with Gasteiger partial charge in [0, 0.05) is 22.3 Å². The van der Waals surface area contributed by atoms with Gasteiger partial charge in [-0.15, -0.1) is 0 Å². The summed E-state index contributed by atoms with van der Waals surface area (Å²) in [5.74, 6) is 0.0169. The van der Waals surface area contributed by atoms with E-state index in [0.29, 0.717) is 0 Å².